The van der Waals surface area contributed by atoms with E-state index in [1.54, 1.807) is 0 Å². The number of nitrogens with one attached hydrogen (secondary N) is 2. The SMILES string of the molecule is CCC(NS(=O)(=O)c1[nH]ncc1C(=O)O)C(C)C. The van der Waals surface area contributed by atoms with Gasteiger partial charge in [-0.15, -0.1) is 0 Å². The van der Waals surface area contributed by atoms with Crippen molar-refractivity contribution < 1.29 is 18.3 Å². The van der Waals surface area contributed by atoms with E-state index in [1.165, 1.54) is 0 Å². The molecule has 0 saturated heterocycles. The standard InChI is InChI=1S/C10H17N3O4S/c1-4-8(6(2)3)13-18(16,17)9-7(10(14)15)5-11-12-9/h5-6,8,13H,4H2,1-3H3,(H,11,12)(H,14,15). The minimum atomic E-state index is -3.90. The summed E-state index contributed by atoms with van der Waals surface area (Å²) in [5, 5.41) is 14.1. The number of carboxylic acids is 1. The highest BCUT2D eigenvalue weighted by atomic mass is 32.2. The third kappa shape index (κ3) is 3.08. The fourth-order valence-corrected chi connectivity index (χ4v) is 3.14. The fourth-order valence-electron chi connectivity index (χ4n) is 1.58. The number of H-pyrrole nitrogens is 1. The molecule has 0 fully saturated rings. The van der Waals surface area contributed by atoms with Gasteiger partial charge >= 0.3 is 5.97 Å². The summed E-state index contributed by atoms with van der Waals surface area (Å²) in [6, 6.07) is -0.250. The van der Waals surface area contributed by atoms with Gasteiger partial charge in [-0.25, -0.2) is 17.9 Å². The van der Waals surface area contributed by atoms with Crippen molar-refractivity contribution in [3.63, 3.8) is 0 Å². The molecule has 0 bridgehead atoms. The minimum Gasteiger partial charge on any atom is -0.478 e. The van der Waals surface area contributed by atoms with Gasteiger partial charge in [0, 0.05) is 6.04 Å². The number of nitrogens with zero attached hydrogens (tertiary/aromatic N) is 1. The van der Waals surface area contributed by atoms with Crippen molar-refractivity contribution in [2.45, 2.75) is 38.3 Å². The van der Waals surface area contributed by atoms with Crippen LogP contribution < -0.4 is 4.72 Å². The predicted molar refractivity (Wildman–Crippen MR) is 64.8 cm³/mol. The number of rotatable bonds is 6. The molecular weight excluding hydrogens is 258 g/mol. The van der Waals surface area contributed by atoms with Gasteiger partial charge in [-0.3, -0.25) is 5.10 Å². The van der Waals surface area contributed by atoms with E-state index < -0.39 is 21.0 Å². The highest BCUT2D eigenvalue weighted by Crippen LogP contribution is 2.15. The molecule has 18 heavy (non-hydrogen) atoms. The quantitative estimate of drug-likeness (QED) is 0.711. The van der Waals surface area contributed by atoms with Crippen LogP contribution in [0.1, 0.15) is 37.6 Å². The predicted octanol–water partition coefficient (Wildman–Crippen LogP) is 0.821. The van der Waals surface area contributed by atoms with E-state index in [0.29, 0.717) is 6.42 Å². The lowest BCUT2D eigenvalue weighted by Gasteiger charge is -2.20. The molecule has 0 spiro atoms. The number of carboxylic acid groups (broad SMARTS) is 1. The molecule has 7 nitrogen and oxygen atoms in total. The van der Waals surface area contributed by atoms with Crippen LogP contribution in [0.25, 0.3) is 0 Å². The van der Waals surface area contributed by atoms with Gasteiger partial charge in [0.05, 0.1) is 6.20 Å². The number of aromatic carboxylic acids is 1. The van der Waals surface area contributed by atoms with E-state index in [2.05, 4.69) is 14.9 Å². The van der Waals surface area contributed by atoms with Crippen LogP contribution in [0.2, 0.25) is 0 Å². The molecule has 1 aromatic heterocycles. The maximum atomic E-state index is 12.0. The Morgan fingerprint density at radius 3 is 2.61 bits per heavy atom. The zero-order valence-corrected chi connectivity index (χ0v) is 11.3. The molecule has 1 unspecified atom stereocenters. The monoisotopic (exact) mass is 275 g/mol. The molecule has 0 aliphatic heterocycles. The van der Waals surface area contributed by atoms with Crippen molar-refractivity contribution in [1.29, 1.82) is 0 Å². The first kappa shape index (κ1) is 14.7. The number of sulfonamides is 1. The summed E-state index contributed by atoms with van der Waals surface area (Å²) in [7, 11) is -3.90. The zero-order chi connectivity index (χ0) is 13.9. The molecule has 1 rings (SSSR count). The van der Waals surface area contributed by atoms with Crippen molar-refractivity contribution in [3.05, 3.63) is 11.8 Å². The molecule has 1 aromatic rings. The van der Waals surface area contributed by atoms with Gasteiger partial charge in [0.25, 0.3) is 10.0 Å². The van der Waals surface area contributed by atoms with Crippen LogP contribution in [0, 0.1) is 5.92 Å². The summed E-state index contributed by atoms with van der Waals surface area (Å²) >= 11 is 0. The molecule has 102 valence electrons. The van der Waals surface area contributed by atoms with Crippen molar-refractivity contribution in [2.24, 2.45) is 5.92 Å². The smallest absolute Gasteiger partial charge is 0.340 e. The molecule has 0 amide bonds. The van der Waals surface area contributed by atoms with Gasteiger partial charge in [-0.05, 0) is 12.3 Å². The lowest BCUT2D eigenvalue weighted by atomic mass is 10.0. The zero-order valence-electron chi connectivity index (χ0n) is 10.5. The third-order valence-electron chi connectivity index (χ3n) is 2.65. The van der Waals surface area contributed by atoms with Crippen LogP contribution in [0.15, 0.2) is 11.2 Å². The Balaban J connectivity index is 3.07. The number of aromatic amines is 1. The van der Waals surface area contributed by atoms with E-state index in [1.807, 2.05) is 20.8 Å². The van der Waals surface area contributed by atoms with Gasteiger partial charge < -0.3 is 5.11 Å². The van der Waals surface area contributed by atoms with Gasteiger partial charge in [0.2, 0.25) is 0 Å². The molecule has 0 aromatic carbocycles. The maximum Gasteiger partial charge on any atom is 0.340 e. The first-order chi connectivity index (χ1) is 8.29. The van der Waals surface area contributed by atoms with Crippen LogP contribution in [0.4, 0.5) is 0 Å². The molecule has 1 atom stereocenters. The van der Waals surface area contributed by atoms with Crippen molar-refractivity contribution in [2.75, 3.05) is 0 Å². The summed E-state index contributed by atoms with van der Waals surface area (Å²) in [6.45, 7) is 5.64. The number of carbonyl (C=O) groups is 1. The largest absolute Gasteiger partial charge is 0.478 e. The molecular formula is C10H17N3O4S. The van der Waals surface area contributed by atoms with Gasteiger partial charge in [-0.1, -0.05) is 20.8 Å². The van der Waals surface area contributed by atoms with E-state index in [0.717, 1.165) is 6.20 Å². The Bertz CT molecular complexity index is 521. The molecule has 0 radical (unpaired) electrons. The number of hydrogen-bond acceptors (Lipinski definition) is 4. The van der Waals surface area contributed by atoms with Crippen LogP contribution in [0.5, 0.6) is 0 Å². The van der Waals surface area contributed by atoms with E-state index in [9.17, 15) is 13.2 Å². The van der Waals surface area contributed by atoms with Gasteiger partial charge in [0.15, 0.2) is 5.03 Å². The Labute approximate surface area is 106 Å². The third-order valence-corrected chi connectivity index (χ3v) is 4.12. The van der Waals surface area contributed by atoms with Crippen molar-refractivity contribution in [3.8, 4) is 0 Å². The molecule has 3 N–H and O–H groups in total. The van der Waals surface area contributed by atoms with Crippen LogP contribution in [-0.2, 0) is 10.0 Å². The summed E-state index contributed by atoms with van der Waals surface area (Å²) < 4.78 is 26.6. The Hall–Kier alpha value is -1.41. The van der Waals surface area contributed by atoms with E-state index >= 15 is 0 Å². The maximum absolute atomic E-state index is 12.0. The average molecular weight is 275 g/mol. The van der Waals surface area contributed by atoms with Crippen molar-refractivity contribution in [1.82, 2.24) is 14.9 Å². The average Bonchev–Trinajstić information content (AvgIpc) is 2.75. The second kappa shape index (κ2) is 5.49. The van der Waals surface area contributed by atoms with E-state index in [4.69, 9.17) is 5.11 Å². The van der Waals surface area contributed by atoms with Crippen LogP contribution >= 0.6 is 0 Å². The number of hydrogen-bond donors (Lipinski definition) is 3. The first-order valence-corrected chi connectivity index (χ1v) is 7.07. The summed E-state index contributed by atoms with van der Waals surface area (Å²) in [4.78, 5) is 10.9. The van der Waals surface area contributed by atoms with Crippen LogP contribution in [0.3, 0.4) is 0 Å². The lowest BCUT2D eigenvalue weighted by molar-refractivity contribution is 0.0692. The molecule has 0 saturated carbocycles. The second-order valence-corrected chi connectivity index (χ2v) is 5.95. The van der Waals surface area contributed by atoms with Crippen LogP contribution in [-0.4, -0.2) is 35.7 Å². The molecule has 0 aliphatic rings. The van der Waals surface area contributed by atoms with E-state index in [-0.39, 0.29) is 17.5 Å². The van der Waals surface area contributed by atoms with Crippen molar-refractivity contribution >= 4 is 16.0 Å². The Morgan fingerprint density at radius 2 is 2.17 bits per heavy atom. The molecule has 8 heteroatoms. The summed E-state index contributed by atoms with van der Waals surface area (Å²) in [5.74, 6) is -1.22. The lowest BCUT2D eigenvalue weighted by Crippen LogP contribution is -2.38. The van der Waals surface area contributed by atoms with Gasteiger partial charge in [-0.2, -0.15) is 5.10 Å². The normalized spacial score (nSPS) is 13.8. The topological polar surface area (TPSA) is 112 Å². The minimum absolute atomic E-state index is 0.112. The number of aromatic nitrogens is 2. The molecule has 0 aliphatic carbocycles. The molecule has 1 heterocycles. The first-order valence-electron chi connectivity index (χ1n) is 5.58. The Morgan fingerprint density at radius 1 is 1.56 bits per heavy atom. The highest BCUT2D eigenvalue weighted by Gasteiger charge is 2.27. The highest BCUT2D eigenvalue weighted by molar-refractivity contribution is 7.89. The Kier molecular flexibility index (Phi) is 4.47. The summed E-state index contributed by atoms with van der Waals surface area (Å²) in [5.41, 5.74) is -0.360. The summed E-state index contributed by atoms with van der Waals surface area (Å²) in [6.07, 6.45) is 1.60. The fraction of sp³-hybridized carbons (Fsp3) is 0.600. The second-order valence-electron chi connectivity index (χ2n) is 4.30. The van der Waals surface area contributed by atoms with Gasteiger partial charge in [0.1, 0.15) is 5.56 Å².